The van der Waals surface area contributed by atoms with Gasteiger partial charge in [0.15, 0.2) is 6.10 Å². The molecule has 1 aromatic heterocycles. The Labute approximate surface area is 155 Å². The Balaban J connectivity index is 1.60. The van der Waals surface area contributed by atoms with Crippen molar-refractivity contribution in [2.75, 3.05) is 31.1 Å². The van der Waals surface area contributed by atoms with Gasteiger partial charge < -0.3 is 14.5 Å². The number of amides is 1. The normalized spacial score (nSPS) is 15.7. The van der Waals surface area contributed by atoms with E-state index in [1.54, 1.807) is 6.20 Å². The third-order valence-electron chi connectivity index (χ3n) is 4.97. The van der Waals surface area contributed by atoms with Gasteiger partial charge in [0.05, 0.1) is 0 Å². The summed E-state index contributed by atoms with van der Waals surface area (Å²) in [7, 11) is 0. The number of aromatic nitrogens is 1. The summed E-state index contributed by atoms with van der Waals surface area (Å²) in [6.07, 6.45) is 2.03. The molecule has 0 unspecified atom stereocenters. The van der Waals surface area contributed by atoms with Crippen molar-refractivity contribution in [3.8, 4) is 5.75 Å². The first-order valence-corrected chi connectivity index (χ1v) is 9.27. The predicted octanol–water partition coefficient (Wildman–Crippen LogP) is 3.20. The van der Waals surface area contributed by atoms with E-state index in [2.05, 4.69) is 23.7 Å². The van der Waals surface area contributed by atoms with Gasteiger partial charge in [-0.1, -0.05) is 19.1 Å². The van der Waals surface area contributed by atoms with Gasteiger partial charge in [0, 0.05) is 32.4 Å². The molecule has 26 heavy (non-hydrogen) atoms. The van der Waals surface area contributed by atoms with Crippen LogP contribution in [0, 0.1) is 13.8 Å². The standard InChI is InChI=1S/C21H27N3O2/c1-4-19(26-18-9-8-16(2)17(3)15-18)21(25)24-13-11-23(12-14-24)20-7-5-6-10-22-20/h5-10,15,19H,4,11-14H2,1-3H3/t19-/m0/s1. The van der Waals surface area contributed by atoms with E-state index in [0.717, 1.165) is 24.7 Å². The molecule has 1 fully saturated rings. The van der Waals surface area contributed by atoms with Gasteiger partial charge in [-0.2, -0.15) is 0 Å². The molecule has 5 heteroatoms. The van der Waals surface area contributed by atoms with Crippen LogP contribution in [-0.2, 0) is 4.79 Å². The smallest absolute Gasteiger partial charge is 0.263 e. The van der Waals surface area contributed by atoms with E-state index in [1.165, 1.54) is 11.1 Å². The van der Waals surface area contributed by atoms with Crippen LogP contribution in [-0.4, -0.2) is 48.1 Å². The van der Waals surface area contributed by atoms with Gasteiger partial charge in [0.2, 0.25) is 0 Å². The van der Waals surface area contributed by atoms with Crippen molar-refractivity contribution in [3.63, 3.8) is 0 Å². The summed E-state index contributed by atoms with van der Waals surface area (Å²) in [6.45, 7) is 9.11. The van der Waals surface area contributed by atoms with Crippen LogP contribution in [0.15, 0.2) is 42.6 Å². The van der Waals surface area contributed by atoms with Gasteiger partial charge in [0.1, 0.15) is 11.6 Å². The second kappa shape index (κ2) is 8.21. The fourth-order valence-electron chi connectivity index (χ4n) is 3.16. The van der Waals surface area contributed by atoms with Gasteiger partial charge in [-0.15, -0.1) is 0 Å². The molecule has 0 aliphatic carbocycles. The molecule has 0 spiro atoms. The van der Waals surface area contributed by atoms with E-state index >= 15 is 0 Å². The maximum absolute atomic E-state index is 12.9. The minimum atomic E-state index is -0.432. The molecular formula is C21H27N3O2. The number of pyridine rings is 1. The summed E-state index contributed by atoms with van der Waals surface area (Å²) in [5.74, 6) is 1.81. The molecule has 2 aromatic rings. The van der Waals surface area contributed by atoms with Gasteiger partial charge in [-0.25, -0.2) is 4.98 Å². The largest absolute Gasteiger partial charge is 0.481 e. The SMILES string of the molecule is CC[C@H](Oc1ccc(C)c(C)c1)C(=O)N1CCN(c2ccccn2)CC1. The number of benzene rings is 1. The lowest BCUT2D eigenvalue weighted by molar-refractivity contribution is -0.139. The number of nitrogens with zero attached hydrogens (tertiary/aromatic N) is 3. The van der Waals surface area contributed by atoms with E-state index in [-0.39, 0.29) is 5.91 Å². The maximum Gasteiger partial charge on any atom is 0.263 e. The van der Waals surface area contributed by atoms with Crippen molar-refractivity contribution in [3.05, 3.63) is 53.7 Å². The molecule has 0 bridgehead atoms. The zero-order valence-electron chi connectivity index (χ0n) is 15.8. The third kappa shape index (κ3) is 4.15. The van der Waals surface area contributed by atoms with E-state index in [4.69, 9.17) is 4.74 Å². The zero-order valence-corrected chi connectivity index (χ0v) is 15.8. The molecule has 1 aromatic carbocycles. The lowest BCUT2D eigenvalue weighted by Gasteiger charge is -2.36. The van der Waals surface area contributed by atoms with Crippen molar-refractivity contribution >= 4 is 11.7 Å². The van der Waals surface area contributed by atoms with Gasteiger partial charge in [-0.05, 0) is 55.7 Å². The molecule has 0 saturated carbocycles. The second-order valence-electron chi connectivity index (χ2n) is 6.76. The highest BCUT2D eigenvalue weighted by molar-refractivity contribution is 5.81. The summed E-state index contributed by atoms with van der Waals surface area (Å²) in [6, 6.07) is 11.9. The highest BCUT2D eigenvalue weighted by Crippen LogP contribution is 2.20. The molecule has 0 radical (unpaired) electrons. The summed E-state index contributed by atoms with van der Waals surface area (Å²) >= 11 is 0. The fraction of sp³-hybridized carbons (Fsp3) is 0.429. The lowest BCUT2D eigenvalue weighted by atomic mass is 10.1. The zero-order chi connectivity index (χ0) is 18.5. The van der Waals surface area contributed by atoms with E-state index < -0.39 is 6.10 Å². The first-order chi connectivity index (χ1) is 12.6. The monoisotopic (exact) mass is 353 g/mol. The van der Waals surface area contributed by atoms with Crippen LogP contribution in [0.1, 0.15) is 24.5 Å². The summed E-state index contributed by atoms with van der Waals surface area (Å²) in [5, 5.41) is 0. The topological polar surface area (TPSA) is 45.7 Å². The number of rotatable bonds is 5. The Morgan fingerprint density at radius 3 is 2.50 bits per heavy atom. The number of anilines is 1. The molecule has 1 amide bonds. The average molecular weight is 353 g/mol. The van der Waals surface area contributed by atoms with Crippen molar-refractivity contribution in [1.29, 1.82) is 0 Å². The average Bonchev–Trinajstić information content (AvgIpc) is 2.69. The van der Waals surface area contributed by atoms with Crippen LogP contribution in [0.5, 0.6) is 5.75 Å². The quantitative estimate of drug-likeness (QED) is 0.828. The highest BCUT2D eigenvalue weighted by Gasteiger charge is 2.28. The van der Waals surface area contributed by atoms with Gasteiger partial charge >= 0.3 is 0 Å². The Kier molecular flexibility index (Phi) is 5.76. The summed E-state index contributed by atoms with van der Waals surface area (Å²) < 4.78 is 6.01. The number of carbonyl (C=O) groups is 1. The van der Waals surface area contributed by atoms with Crippen molar-refractivity contribution < 1.29 is 9.53 Å². The minimum Gasteiger partial charge on any atom is -0.481 e. The van der Waals surface area contributed by atoms with Crippen LogP contribution in [0.3, 0.4) is 0 Å². The molecule has 1 atom stereocenters. The highest BCUT2D eigenvalue weighted by atomic mass is 16.5. The molecule has 1 aliphatic heterocycles. The van der Waals surface area contributed by atoms with Gasteiger partial charge in [-0.3, -0.25) is 4.79 Å². The van der Waals surface area contributed by atoms with Crippen LogP contribution < -0.4 is 9.64 Å². The summed E-state index contributed by atoms with van der Waals surface area (Å²) in [5.41, 5.74) is 2.40. The maximum atomic E-state index is 12.9. The van der Waals surface area contributed by atoms with Crippen molar-refractivity contribution in [1.82, 2.24) is 9.88 Å². The molecule has 3 rings (SSSR count). The van der Waals surface area contributed by atoms with Crippen LogP contribution in [0.4, 0.5) is 5.82 Å². The summed E-state index contributed by atoms with van der Waals surface area (Å²) in [4.78, 5) is 21.4. The van der Waals surface area contributed by atoms with Crippen LogP contribution >= 0.6 is 0 Å². The van der Waals surface area contributed by atoms with E-state index in [9.17, 15) is 4.79 Å². The van der Waals surface area contributed by atoms with Crippen LogP contribution in [0.2, 0.25) is 0 Å². The first-order valence-electron chi connectivity index (χ1n) is 9.27. The molecule has 0 N–H and O–H groups in total. The Morgan fingerprint density at radius 1 is 1.12 bits per heavy atom. The number of carbonyl (C=O) groups excluding carboxylic acids is 1. The van der Waals surface area contributed by atoms with Crippen molar-refractivity contribution in [2.45, 2.75) is 33.3 Å². The van der Waals surface area contributed by atoms with E-state index in [1.807, 2.05) is 48.2 Å². The first kappa shape index (κ1) is 18.2. The van der Waals surface area contributed by atoms with Gasteiger partial charge in [0.25, 0.3) is 5.91 Å². The minimum absolute atomic E-state index is 0.0754. The molecule has 138 valence electrons. The van der Waals surface area contributed by atoms with E-state index in [0.29, 0.717) is 19.5 Å². The molecule has 2 heterocycles. The molecular weight excluding hydrogens is 326 g/mol. The number of piperazine rings is 1. The lowest BCUT2D eigenvalue weighted by Crippen LogP contribution is -2.52. The predicted molar refractivity (Wildman–Crippen MR) is 104 cm³/mol. The number of aryl methyl sites for hydroxylation is 2. The van der Waals surface area contributed by atoms with Crippen LogP contribution in [0.25, 0.3) is 0 Å². The number of hydrogen-bond donors (Lipinski definition) is 0. The fourth-order valence-corrected chi connectivity index (χ4v) is 3.16. The molecule has 1 saturated heterocycles. The number of ether oxygens (including phenoxy) is 1. The number of hydrogen-bond acceptors (Lipinski definition) is 4. The Morgan fingerprint density at radius 2 is 1.88 bits per heavy atom. The Hall–Kier alpha value is -2.56. The Bertz CT molecular complexity index is 740. The third-order valence-corrected chi connectivity index (χ3v) is 4.97. The second-order valence-corrected chi connectivity index (χ2v) is 6.76. The molecule has 1 aliphatic rings. The molecule has 5 nitrogen and oxygen atoms in total. The van der Waals surface area contributed by atoms with Crippen molar-refractivity contribution in [2.24, 2.45) is 0 Å².